The summed E-state index contributed by atoms with van der Waals surface area (Å²) in [4.78, 5) is 12.1. The maximum Gasteiger partial charge on any atom is 0.338 e. The molecule has 2 nitrogen and oxygen atoms in total. The highest BCUT2D eigenvalue weighted by Gasteiger charge is 2.31. The van der Waals surface area contributed by atoms with Gasteiger partial charge in [0.05, 0.1) is 19.7 Å². The van der Waals surface area contributed by atoms with E-state index in [1.165, 1.54) is 5.19 Å². The molecule has 0 aliphatic rings. The van der Waals surface area contributed by atoms with Crippen molar-refractivity contribution in [2.75, 3.05) is 0 Å². The van der Waals surface area contributed by atoms with Gasteiger partial charge in [-0.05, 0) is 31.0 Å². The van der Waals surface area contributed by atoms with E-state index in [0.29, 0.717) is 11.1 Å². The predicted octanol–water partition coefficient (Wildman–Crippen LogP) is 4.63. The Morgan fingerprint density at radius 2 is 1.48 bits per heavy atom. The largest absolute Gasteiger partial charge is 0.459 e. The van der Waals surface area contributed by atoms with Crippen molar-refractivity contribution in [1.82, 2.24) is 0 Å². The molecule has 0 aliphatic heterocycles. The van der Waals surface area contributed by atoms with Crippen LogP contribution in [0.1, 0.15) is 30.6 Å². The summed E-state index contributed by atoms with van der Waals surface area (Å²) in [6.07, 6.45) is 0.820. The highest BCUT2D eigenvalue weighted by Crippen LogP contribution is 2.27. The molecule has 2 rings (SSSR count). The van der Waals surface area contributed by atoms with Gasteiger partial charge in [0.1, 0.15) is 0 Å². The van der Waals surface area contributed by atoms with Gasteiger partial charge in [0, 0.05) is 0 Å². The van der Waals surface area contributed by atoms with Crippen LogP contribution in [0.4, 0.5) is 0 Å². The van der Waals surface area contributed by atoms with Crippen molar-refractivity contribution in [3.63, 3.8) is 0 Å². The molecule has 0 N–H and O–H groups in total. The van der Waals surface area contributed by atoms with Crippen LogP contribution in [0, 0.1) is 0 Å². The summed E-state index contributed by atoms with van der Waals surface area (Å²) in [5.41, 5.74) is 1.15. The van der Waals surface area contributed by atoms with Gasteiger partial charge in [-0.1, -0.05) is 73.7 Å². The summed E-state index contributed by atoms with van der Waals surface area (Å²) in [5, 5.41) is 1.45. The second-order valence-electron chi connectivity index (χ2n) is 6.81. The van der Waals surface area contributed by atoms with Crippen LogP contribution in [0.3, 0.4) is 0 Å². The maximum atomic E-state index is 12.1. The smallest absolute Gasteiger partial charge is 0.338 e. The van der Waals surface area contributed by atoms with Crippen molar-refractivity contribution in [1.29, 1.82) is 0 Å². The summed E-state index contributed by atoms with van der Waals surface area (Å²) < 4.78 is 5.62. The summed E-state index contributed by atoms with van der Waals surface area (Å²) in [6.45, 7) is 9.05. The fourth-order valence-corrected chi connectivity index (χ4v) is 5.36. The van der Waals surface area contributed by atoms with Gasteiger partial charge in [0.25, 0.3) is 0 Å². The van der Waals surface area contributed by atoms with Gasteiger partial charge in [-0.15, -0.1) is 0 Å². The third-order valence-electron chi connectivity index (χ3n) is 4.75. The summed E-state index contributed by atoms with van der Waals surface area (Å²) in [5.74, 6) is -0.232. The van der Waals surface area contributed by atoms with Crippen molar-refractivity contribution in [3.8, 4) is 0 Å². The van der Waals surface area contributed by atoms with E-state index in [-0.39, 0.29) is 12.1 Å². The van der Waals surface area contributed by atoms with E-state index in [1.807, 2.05) is 25.1 Å². The van der Waals surface area contributed by atoms with Gasteiger partial charge in [-0.3, -0.25) is 0 Å². The predicted molar refractivity (Wildman–Crippen MR) is 98.9 cm³/mol. The minimum Gasteiger partial charge on any atom is -0.459 e. The van der Waals surface area contributed by atoms with Gasteiger partial charge in [0.15, 0.2) is 0 Å². The molecular formula is C20H26O2Si. The Morgan fingerprint density at radius 1 is 0.957 bits per heavy atom. The highest BCUT2D eigenvalue weighted by molar-refractivity contribution is 6.90. The summed E-state index contributed by atoms with van der Waals surface area (Å²) in [6, 6.07) is 19.9. The first-order chi connectivity index (χ1) is 10.9. The lowest BCUT2D eigenvalue weighted by atomic mass is 10.2. The fourth-order valence-electron chi connectivity index (χ4n) is 2.82. The Kier molecular flexibility index (Phi) is 5.78. The molecule has 0 heterocycles. The Morgan fingerprint density at radius 3 is 2.04 bits per heavy atom. The molecular weight excluding hydrogens is 300 g/mol. The second kappa shape index (κ2) is 7.60. The number of hydrogen-bond acceptors (Lipinski definition) is 2. The summed E-state index contributed by atoms with van der Waals surface area (Å²) in [7, 11) is -1.57. The first kappa shape index (κ1) is 17.5. The van der Waals surface area contributed by atoms with Crippen molar-refractivity contribution in [3.05, 3.63) is 66.2 Å². The molecule has 122 valence electrons. The fraction of sp³-hybridized carbons (Fsp3) is 0.350. The molecule has 0 saturated carbocycles. The topological polar surface area (TPSA) is 26.3 Å². The van der Waals surface area contributed by atoms with Crippen molar-refractivity contribution < 1.29 is 9.53 Å². The molecule has 0 amide bonds. The number of carbonyl (C=O) groups excluding carboxylic acids is 1. The molecule has 0 unspecified atom stereocenters. The zero-order valence-corrected chi connectivity index (χ0v) is 15.5. The van der Waals surface area contributed by atoms with Crippen LogP contribution in [0.15, 0.2) is 60.7 Å². The van der Waals surface area contributed by atoms with Crippen LogP contribution in [0.2, 0.25) is 18.6 Å². The minimum absolute atomic E-state index is 0.0757. The Balaban J connectivity index is 1.97. The zero-order valence-electron chi connectivity index (χ0n) is 14.5. The standard InChI is InChI=1S/C20H26O2Si/c1-16(22-20(21)18-11-7-5-8-12-18)15-17(2)23(3,4)19-13-9-6-10-14-19/h5-14,16-17H,15H2,1-4H3/t16-,17-/m0/s1. The highest BCUT2D eigenvalue weighted by atomic mass is 28.3. The number of hydrogen-bond donors (Lipinski definition) is 0. The first-order valence-corrected chi connectivity index (χ1v) is 11.3. The minimum atomic E-state index is -1.57. The Hall–Kier alpha value is -1.87. The third-order valence-corrected chi connectivity index (χ3v) is 9.27. The second-order valence-corrected chi connectivity index (χ2v) is 11.8. The number of ether oxygens (including phenoxy) is 1. The van der Waals surface area contributed by atoms with E-state index in [0.717, 1.165) is 6.42 Å². The monoisotopic (exact) mass is 326 g/mol. The molecule has 2 atom stereocenters. The SMILES string of the molecule is C[C@@H](C[C@H](C)[Si](C)(C)c1ccccc1)OC(=O)c1ccccc1. The molecule has 2 aromatic rings. The van der Waals surface area contributed by atoms with E-state index >= 15 is 0 Å². The lowest BCUT2D eigenvalue weighted by molar-refractivity contribution is 0.0322. The van der Waals surface area contributed by atoms with E-state index < -0.39 is 8.07 Å². The number of benzene rings is 2. The molecule has 3 heteroatoms. The molecule has 0 spiro atoms. The van der Waals surface area contributed by atoms with Gasteiger partial charge < -0.3 is 4.74 Å². The number of carbonyl (C=O) groups is 1. The van der Waals surface area contributed by atoms with Crippen LogP contribution < -0.4 is 5.19 Å². The van der Waals surface area contributed by atoms with Crippen molar-refractivity contribution >= 4 is 19.2 Å². The number of esters is 1. The maximum absolute atomic E-state index is 12.1. The molecule has 23 heavy (non-hydrogen) atoms. The number of rotatable bonds is 6. The van der Waals surface area contributed by atoms with Crippen LogP contribution in [-0.4, -0.2) is 20.1 Å². The van der Waals surface area contributed by atoms with E-state index in [4.69, 9.17) is 4.74 Å². The van der Waals surface area contributed by atoms with Crippen LogP contribution in [0.5, 0.6) is 0 Å². The summed E-state index contributed by atoms with van der Waals surface area (Å²) >= 11 is 0. The van der Waals surface area contributed by atoms with Crippen molar-refractivity contribution in [2.45, 2.75) is 45.0 Å². The third kappa shape index (κ3) is 4.55. The first-order valence-electron chi connectivity index (χ1n) is 8.23. The lowest BCUT2D eigenvalue weighted by Gasteiger charge is -2.32. The van der Waals surface area contributed by atoms with Gasteiger partial charge in [-0.25, -0.2) is 4.79 Å². The molecule has 0 bridgehead atoms. The Bertz CT molecular complexity index is 623. The van der Waals surface area contributed by atoms with Crippen molar-refractivity contribution in [2.24, 2.45) is 0 Å². The average molecular weight is 327 g/mol. The van der Waals surface area contributed by atoms with Gasteiger partial charge in [0.2, 0.25) is 0 Å². The quantitative estimate of drug-likeness (QED) is 0.571. The van der Waals surface area contributed by atoms with Gasteiger partial charge in [-0.2, -0.15) is 0 Å². The molecule has 0 fully saturated rings. The molecule has 0 aromatic heterocycles. The van der Waals surface area contributed by atoms with Crippen LogP contribution in [0.25, 0.3) is 0 Å². The molecule has 0 saturated heterocycles. The van der Waals surface area contributed by atoms with Gasteiger partial charge >= 0.3 is 5.97 Å². The van der Waals surface area contributed by atoms with E-state index in [1.54, 1.807) is 12.1 Å². The van der Waals surface area contributed by atoms with Crippen LogP contribution in [-0.2, 0) is 4.74 Å². The molecule has 0 radical (unpaired) electrons. The molecule has 2 aromatic carbocycles. The van der Waals surface area contributed by atoms with E-state index in [2.05, 4.69) is 50.3 Å². The average Bonchev–Trinajstić information content (AvgIpc) is 2.56. The van der Waals surface area contributed by atoms with Crippen LogP contribution >= 0.6 is 0 Å². The Labute approximate surface area is 140 Å². The normalized spacial score (nSPS) is 14.1. The lowest BCUT2D eigenvalue weighted by Crippen LogP contribution is -2.45. The molecule has 0 aliphatic carbocycles. The zero-order chi connectivity index (χ0) is 16.9. The van der Waals surface area contributed by atoms with E-state index in [9.17, 15) is 4.79 Å².